The van der Waals surface area contributed by atoms with Crippen LogP contribution in [0, 0.1) is 0 Å². The monoisotopic (exact) mass is 324 g/mol. The van der Waals surface area contributed by atoms with Gasteiger partial charge in [0.05, 0.1) is 6.54 Å². The SMILES string of the molecule is CC1CN(CC(=O)NC2CCOCC2)CCN1c1nccs1. The molecule has 1 aromatic heterocycles. The highest BCUT2D eigenvalue weighted by atomic mass is 32.1. The van der Waals surface area contributed by atoms with Crippen LogP contribution in [0.5, 0.6) is 0 Å². The predicted octanol–water partition coefficient (Wildman–Crippen LogP) is 0.949. The minimum Gasteiger partial charge on any atom is -0.381 e. The summed E-state index contributed by atoms with van der Waals surface area (Å²) in [5, 5.41) is 6.23. The van der Waals surface area contributed by atoms with Gasteiger partial charge < -0.3 is 15.0 Å². The summed E-state index contributed by atoms with van der Waals surface area (Å²) in [6, 6.07) is 0.672. The molecule has 0 spiro atoms. The number of anilines is 1. The second-order valence-electron chi connectivity index (χ2n) is 6.05. The maximum atomic E-state index is 12.2. The van der Waals surface area contributed by atoms with Gasteiger partial charge in [-0.15, -0.1) is 11.3 Å². The number of rotatable bonds is 4. The molecule has 2 aliphatic rings. The summed E-state index contributed by atoms with van der Waals surface area (Å²) in [5.41, 5.74) is 0. The normalized spacial score (nSPS) is 24.4. The van der Waals surface area contributed by atoms with Gasteiger partial charge in [-0.05, 0) is 19.8 Å². The average Bonchev–Trinajstić information content (AvgIpc) is 3.02. The Morgan fingerprint density at radius 2 is 2.27 bits per heavy atom. The number of hydrogen-bond acceptors (Lipinski definition) is 6. The number of nitrogens with one attached hydrogen (secondary N) is 1. The van der Waals surface area contributed by atoms with Crippen LogP contribution in [-0.4, -0.2) is 67.3 Å². The molecule has 0 bridgehead atoms. The Morgan fingerprint density at radius 1 is 1.45 bits per heavy atom. The van der Waals surface area contributed by atoms with Gasteiger partial charge in [-0.1, -0.05) is 0 Å². The Kier molecular flexibility index (Phi) is 5.28. The van der Waals surface area contributed by atoms with Crippen LogP contribution in [0.3, 0.4) is 0 Å². The third-order valence-electron chi connectivity index (χ3n) is 4.33. The first kappa shape index (κ1) is 15.7. The number of nitrogens with zero attached hydrogens (tertiary/aromatic N) is 3. The van der Waals surface area contributed by atoms with Gasteiger partial charge in [-0.2, -0.15) is 0 Å². The van der Waals surface area contributed by atoms with E-state index in [0.717, 1.165) is 50.8 Å². The molecule has 0 aromatic carbocycles. The number of hydrogen-bond donors (Lipinski definition) is 1. The summed E-state index contributed by atoms with van der Waals surface area (Å²) in [6.07, 6.45) is 3.71. The van der Waals surface area contributed by atoms with E-state index in [0.29, 0.717) is 12.6 Å². The van der Waals surface area contributed by atoms with Crippen molar-refractivity contribution in [1.29, 1.82) is 0 Å². The maximum Gasteiger partial charge on any atom is 0.234 e. The third-order valence-corrected chi connectivity index (χ3v) is 5.14. The Bertz CT molecular complexity index is 476. The number of carbonyl (C=O) groups is 1. The molecule has 3 heterocycles. The quantitative estimate of drug-likeness (QED) is 0.894. The molecule has 0 aliphatic carbocycles. The molecule has 1 amide bonds. The van der Waals surface area contributed by atoms with E-state index >= 15 is 0 Å². The Balaban J connectivity index is 1.45. The van der Waals surface area contributed by atoms with E-state index < -0.39 is 0 Å². The zero-order valence-electron chi connectivity index (χ0n) is 13.0. The highest BCUT2D eigenvalue weighted by Crippen LogP contribution is 2.22. The number of aromatic nitrogens is 1. The highest BCUT2D eigenvalue weighted by Gasteiger charge is 2.27. The van der Waals surface area contributed by atoms with Crippen molar-refractivity contribution in [2.24, 2.45) is 0 Å². The smallest absolute Gasteiger partial charge is 0.234 e. The van der Waals surface area contributed by atoms with Crippen molar-refractivity contribution in [3.05, 3.63) is 11.6 Å². The van der Waals surface area contributed by atoms with Gasteiger partial charge in [-0.25, -0.2) is 4.98 Å². The van der Waals surface area contributed by atoms with E-state index in [1.165, 1.54) is 0 Å². The summed E-state index contributed by atoms with van der Waals surface area (Å²) in [7, 11) is 0. The van der Waals surface area contributed by atoms with Crippen LogP contribution in [0.1, 0.15) is 19.8 Å². The van der Waals surface area contributed by atoms with Crippen LogP contribution in [0.2, 0.25) is 0 Å². The minimum atomic E-state index is 0.141. The maximum absolute atomic E-state index is 12.2. The van der Waals surface area contributed by atoms with E-state index in [1.807, 2.05) is 11.6 Å². The molecule has 6 nitrogen and oxygen atoms in total. The third kappa shape index (κ3) is 3.97. The van der Waals surface area contributed by atoms with Gasteiger partial charge in [-0.3, -0.25) is 9.69 Å². The summed E-state index contributed by atoms with van der Waals surface area (Å²) in [4.78, 5) is 21.1. The minimum absolute atomic E-state index is 0.141. The molecular weight excluding hydrogens is 300 g/mol. The largest absolute Gasteiger partial charge is 0.381 e. The molecule has 122 valence electrons. The van der Waals surface area contributed by atoms with E-state index in [2.05, 4.69) is 27.0 Å². The number of thiazole rings is 1. The fraction of sp³-hybridized carbons (Fsp3) is 0.733. The van der Waals surface area contributed by atoms with Gasteiger partial charge in [0.15, 0.2) is 5.13 Å². The zero-order chi connectivity index (χ0) is 15.4. The second-order valence-corrected chi connectivity index (χ2v) is 6.92. The van der Waals surface area contributed by atoms with Gasteiger partial charge >= 0.3 is 0 Å². The first-order chi connectivity index (χ1) is 10.7. The lowest BCUT2D eigenvalue weighted by molar-refractivity contribution is -0.123. The van der Waals surface area contributed by atoms with Crippen molar-refractivity contribution in [3.8, 4) is 0 Å². The molecule has 1 unspecified atom stereocenters. The van der Waals surface area contributed by atoms with Gasteiger partial charge in [0.1, 0.15) is 0 Å². The second kappa shape index (κ2) is 7.39. The first-order valence-corrected chi connectivity index (χ1v) is 8.86. The highest BCUT2D eigenvalue weighted by molar-refractivity contribution is 7.13. The van der Waals surface area contributed by atoms with Crippen molar-refractivity contribution >= 4 is 22.4 Å². The summed E-state index contributed by atoms with van der Waals surface area (Å²) in [6.45, 7) is 6.95. The first-order valence-electron chi connectivity index (χ1n) is 7.98. The molecule has 0 radical (unpaired) electrons. The van der Waals surface area contributed by atoms with Crippen LogP contribution >= 0.6 is 11.3 Å². The molecule has 1 atom stereocenters. The van der Waals surface area contributed by atoms with Crippen molar-refractivity contribution in [2.75, 3.05) is 44.3 Å². The summed E-state index contributed by atoms with van der Waals surface area (Å²) >= 11 is 1.68. The number of carbonyl (C=O) groups excluding carboxylic acids is 1. The van der Waals surface area contributed by atoms with Crippen LogP contribution in [-0.2, 0) is 9.53 Å². The van der Waals surface area contributed by atoms with Crippen molar-refractivity contribution < 1.29 is 9.53 Å². The van der Waals surface area contributed by atoms with Crippen LogP contribution < -0.4 is 10.2 Å². The predicted molar refractivity (Wildman–Crippen MR) is 87.3 cm³/mol. The summed E-state index contributed by atoms with van der Waals surface area (Å²) in [5.74, 6) is 0.141. The van der Waals surface area contributed by atoms with Crippen LogP contribution in [0.15, 0.2) is 11.6 Å². The molecule has 1 aromatic rings. The molecular formula is C15H24N4O2S. The molecule has 7 heteroatoms. The van der Waals surface area contributed by atoms with Crippen LogP contribution in [0.4, 0.5) is 5.13 Å². The molecule has 2 fully saturated rings. The Hall–Kier alpha value is -1.18. The van der Waals surface area contributed by atoms with Gasteiger partial charge in [0.2, 0.25) is 5.91 Å². The van der Waals surface area contributed by atoms with Crippen molar-refractivity contribution in [3.63, 3.8) is 0 Å². The van der Waals surface area contributed by atoms with Crippen LogP contribution in [0.25, 0.3) is 0 Å². The van der Waals surface area contributed by atoms with Crippen molar-refractivity contribution in [2.45, 2.75) is 31.8 Å². The van der Waals surface area contributed by atoms with E-state index in [-0.39, 0.29) is 11.9 Å². The van der Waals surface area contributed by atoms with Gasteiger partial charge in [0.25, 0.3) is 0 Å². The van der Waals surface area contributed by atoms with Crippen molar-refractivity contribution in [1.82, 2.24) is 15.2 Å². The fourth-order valence-corrected chi connectivity index (χ4v) is 3.91. The molecule has 0 saturated carbocycles. The lowest BCUT2D eigenvalue weighted by Crippen LogP contribution is -2.54. The number of amides is 1. The molecule has 22 heavy (non-hydrogen) atoms. The topological polar surface area (TPSA) is 57.7 Å². The zero-order valence-corrected chi connectivity index (χ0v) is 13.8. The molecule has 3 rings (SSSR count). The number of ether oxygens (including phenoxy) is 1. The van der Waals surface area contributed by atoms with E-state index in [9.17, 15) is 4.79 Å². The van der Waals surface area contributed by atoms with E-state index in [1.54, 1.807) is 11.3 Å². The Labute approximate surface area is 135 Å². The molecule has 1 N–H and O–H groups in total. The lowest BCUT2D eigenvalue weighted by Gasteiger charge is -2.39. The number of piperazine rings is 1. The summed E-state index contributed by atoms with van der Waals surface area (Å²) < 4.78 is 5.32. The fourth-order valence-electron chi connectivity index (χ4n) is 3.14. The molecule has 2 saturated heterocycles. The standard InChI is InChI=1S/C15H24N4O2S/c1-12-10-18(5-6-19(12)15-16-4-9-22-15)11-14(20)17-13-2-7-21-8-3-13/h4,9,12-13H,2-3,5-8,10-11H2,1H3,(H,17,20). The van der Waals surface area contributed by atoms with Gasteiger partial charge in [0, 0.05) is 56.5 Å². The lowest BCUT2D eigenvalue weighted by atomic mass is 10.1. The van der Waals surface area contributed by atoms with E-state index in [4.69, 9.17) is 4.74 Å². The molecule has 2 aliphatic heterocycles. The average molecular weight is 324 g/mol. The Morgan fingerprint density at radius 3 is 2.95 bits per heavy atom.